The number of hydrogen-bond donors (Lipinski definition) is 0. The van der Waals surface area contributed by atoms with Crippen LogP contribution in [0.2, 0.25) is 10.0 Å². The number of piperidine rings is 1. The molecule has 4 aromatic rings. The average molecular weight is 607 g/mol. The minimum absolute atomic E-state index is 0.00854. The van der Waals surface area contributed by atoms with Crippen LogP contribution in [0.5, 0.6) is 5.75 Å². The maximum absolute atomic E-state index is 14.1. The van der Waals surface area contributed by atoms with Crippen molar-refractivity contribution in [3.8, 4) is 17.0 Å². The SMILES string of the molecule is Cc1onc(-c2ccccc2Cl)c1C(=O)N1CCC[C@](COc2ccc(Cl)cc2)(CC(=O)N(C)Cc2ccccc2)C1. The van der Waals surface area contributed by atoms with Crippen LogP contribution in [0, 0.1) is 12.3 Å². The van der Waals surface area contributed by atoms with Crippen molar-refractivity contribution in [2.24, 2.45) is 5.41 Å². The number of amides is 2. The summed E-state index contributed by atoms with van der Waals surface area (Å²) in [6.07, 6.45) is 1.68. The molecule has 1 atom stereocenters. The lowest BCUT2D eigenvalue weighted by molar-refractivity contribution is -0.134. The molecular weight excluding hydrogens is 573 g/mol. The highest BCUT2D eigenvalue weighted by molar-refractivity contribution is 6.33. The lowest BCUT2D eigenvalue weighted by atomic mass is 9.77. The van der Waals surface area contributed by atoms with Gasteiger partial charge in [-0.25, -0.2) is 0 Å². The van der Waals surface area contributed by atoms with E-state index in [1.165, 1.54) is 0 Å². The quantitative estimate of drug-likeness (QED) is 0.200. The number of ether oxygens (including phenoxy) is 1. The van der Waals surface area contributed by atoms with Crippen LogP contribution in [-0.4, -0.2) is 53.5 Å². The Morgan fingerprint density at radius 1 is 1.02 bits per heavy atom. The highest BCUT2D eigenvalue weighted by Crippen LogP contribution is 2.38. The number of nitrogens with zero attached hydrogens (tertiary/aromatic N) is 3. The van der Waals surface area contributed by atoms with Gasteiger partial charge in [-0.3, -0.25) is 9.59 Å². The molecule has 0 spiro atoms. The number of carbonyl (C=O) groups is 2. The van der Waals surface area contributed by atoms with Gasteiger partial charge in [0.2, 0.25) is 5.91 Å². The summed E-state index contributed by atoms with van der Waals surface area (Å²) in [6, 6.07) is 24.3. The molecule has 0 saturated carbocycles. The molecule has 1 aromatic heterocycles. The van der Waals surface area contributed by atoms with Crippen LogP contribution in [0.1, 0.15) is 40.9 Å². The van der Waals surface area contributed by atoms with Gasteiger partial charge in [-0.05, 0) is 55.7 Å². The number of aromatic nitrogens is 1. The van der Waals surface area contributed by atoms with Crippen LogP contribution in [0.15, 0.2) is 83.4 Å². The predicted octanol–water partition coefficient (Wildman–Crippen LogP) is 7.31. The molecule has 218 valence electrons. The fourth-order valence-corrected chi connectivity index (χ4v) is 5.83. The molecule has 0 aliphatic carbocycles. The molecule has 7 nitrogen and oxygen atoms in total. The molecule has 0 radical (unpaired) electrons. The Balaban J connectivity index is 1.40. The molecule has 1 saturated heterocycles. The second-order valence-electron chi connectivity index (χ2n) is 10.9. The monoisotopic (exact) mass is 605 g/mol. The Morgan fingerprint density at radius 3 is 2.48 bits per heavy atom. The van der Waals surface area contributed by atoms with E-state index in [4.69, 9.17) is 32.5 Å². The molecule has 9 heteroatoms. The summed E-state index contributed by atoms with van der Waals surface area (Å²) < 4.78 is 11.7. The molecule has 5 rings (SSSR count). The molecule has 2 amide bonds. The first-order valence-electron chi connectivity index (χ1n) is 13.9. The molecule has 1 aliphatic heterocycles. The number of carbonyl (C=O) groups excluding carboxylic acids is 2. The van der Waals surface area contributed by atoms with Crippen molar-refractivity contribution in [2.45, 2.75) is 32.7 Å². The van der Waals surface area contributed by atoms with Gasteiger partial charge >= 0.3 is 0 Å². The molecule has 2 heterocycles. The van der Waals surface area contributed by atoms with Crippen molar-refractivity contribution in [3.05, 3.63) is 106 Å². The number of benzene rings is 3. The number of halogens is 2. The summed E-state index contributed by atoms with van der Waals surface area (Å²) in [5.74, 6) is 0.862. The number of rotatable bonds is 9. The van der Waals surface area contributed by atoms with Gasteiger partial charge < -0.3 is 19.1 Å². The van der Waals surface area contributed by atoms with E-state index in [-0.39, 0.29) is 24.8 Å². The summed E-state index contributed by atoms with van der Waals surface area (Å²) in [7, 11) is 1.81. The van der Waals surface area contributed by atoms with Gasteiger partial charge in [0, 0.05) is 49.1 Å². The Hall–Kier alpha value is -3.81. The molecule has 3 aromatic carbocycles. The van der Waals surface area contributed by atoms with Gasteiger partial charge in [-0.1, -0.05) is 76.9 Å². The van der Waals surface area contributed by atoms with Crippen molar-refractivity contribution < 1.29 is 18.8 Å². The molecule has 1 fully saturated rings. The first-order valence-corrected chi connectivity index (χ1v) is 14.7. The Kier molecular flexibility index (Phi) is 9.19. The number of likely N-dealkylation sites (tertiary alicyclic amines) is 1. The van der Waals surface area contributed by atoms with E-state index in [0.29, 0.717) is 58.0 Å². The predicted molar refractivity (Wildman–Crippen MR) is 164 cm³/mol. The zero-order valence-corrected chi connectivity index (χ0v) is 25.2. The number of aryl methyl sites for hydroxylation is 1. The van der Waals surface area contributed by atoms with Gasteiger partial charge in [0.05, 0.1) is 11.6 Å². The third kappa shape index (κ3) is 6.80. The van der Waals surface area contributed by atoms with Crippen LogP contribution in [0.4, 0.5) is 0 Å². The molecular formula is C33H33Cl2N3O4. The van der Waals surface area contributed by atoms with Gasteiger partial charge in [0.25, 0.3) is 5.91 Å². The zero-order chi connectivity index (χ0) is 29.7. The highest BCUT2D eigenvalue weighted by Gasteiger charge is 2.42. The second-order valence-corrected chi connectivity index (χ2v) is 11.8. The third-order valence-corrected chi connectivity index (χ3v) is 8.31. The van der Waals surface area contributed by atoms with E-state index in [2.05, 4.69) is 5.16 Å². The van der Waals surface area contributed by atoms with Gasteiger partial charge in [0.1, 0.15) is 22.8 Å². The Morgan fingerprint density at radius 2 is 1.74 bits per heavy atom. The van der Waals surface area contributed by atoms with Crippen molar-refractivity contribution in [1.29, 1.82) is 0 Å². The maximum atomic E-state index is 14.1. The van der Waals surface area contributed by atoms with Crippen LogP contribution >= 0.6 is 23.2 Å². The number of hydrogen-bond acceptors (Lipinski definition) is 5. The van der Waals surface area contributed by atoms with E-state index in [9.17, 15) is 9.59 Å². The van der Waals surface area contributed by atoms with E-state index in [1.54, 1.807) is 34.9 Å². The maximum Gasteiger partial charge on any atom is 0.259 e. The van der Waals surface area contributed by atoms with Gasteiger partial charge in [-0.15, -0.1) is 0 Å². The smallest absolute Gasteiger partial charge is 0.259 e. The first kappa shape index (κ1) is 29.7. The van der Waals surface area contributed by atoms with Crippen molar-refractivity contribution in [3.63, 3.8) is 0 Å². The molecule has 0 unspecified atom stereocenters. The van der Waals surface area contributed by atoms with Crippen LogP contribution < -0.4 is 4.74 Å². The van der Waals surface area contributed by atoms with Crippen LogP contribution in [0.3, 0.4) is 0 Å². The summed E-state index contributed by atoms with van der Waals surface area (Å²) in [6.45, 7) is 3.38. The van der Waals surface area contributed by atoms with E-state index in [0.717, 1.165) is 18.4 Å². The molecule has 1 aliphatic rings. The summed E-state index contributed by atoms with van der Waals surface area (Å²) >= 11 is 12.5. The summed E-state index contributed by atoms with van der Waals surface area (Å²) in [4.78, 5) is 31.2. The van der Waals surface area contributed by atoms with Crippen molar-refractivity contribution >= 4 is 35.0 Å². The first-order chi connectivity index (χ1) is 20.2. The van der Waals surface area contributed by atoms with E-state index in [1.807, 2.05) is 67.7 Å². The molecule has 0 N–H and O–H groups in total. The van der Waals surface area contributed by atoms with Gasteiger partial charge in [0.15, 0.2) is 0 Å². The van der Waals surface area contributed by atoms with E-state index < -0.39 is 5.41 Å². The van der Waals surface area contributed by atoms with Gasteiger partial charge in [-0.2, -0.15) is 0 Å². The minimum Gasteiger partial charge on any atom is -0.493 e. The molecule has 0 bridgehead atoms. The van der Waals surface area contributed by atoms with E-state index >= 15 is 0 Å². The summed E-state index contributed by atoms with van der Waals surface area (Å²) in [5.41, 5.74) is 1.87. The topological polar surface area (TPSA) is 75.9 Å². The minimum atomic E-state index is -0.606. The van der Waals surface area contributed by atoms with Crippen LogP contribution in [0.25, 0.3) is 11.3 Å². The Bertz CT molecular complexity index is 1540. The highest BCUT2D eigenvalue weighted by atomic mass is 35.5. The summed E-state index contributed by atoms with van der Waals surface area (Å²) in [5, 5.41) is 5.29. The van der Waals surface area contributed by atoms with Crippen molar-refractivity contribution in [2.75, 3.05) is 26.7 Å². The zero-order valence-electron chi connectivity index (χ0n) is 23.7. The van der Waals surface area contributed by atoms with Crippen molar-refractivity contribution in [1.82, 2.24) is 15.0 Å². The fraction of sp³-hybridized carbons (Fsp3) is 0.303. The lowest BCUT2D eigenvalue weighted by Gasteiger charge is -2.43. The average Bonchev–Trinajstić information content (AvgIpc) is 3.38. The lowest BCUT2D eigenvalue weighted by Crippen LogP contribution is -2.50. The standard InChI is InChI=1S/C33H33Cl2N3O4/c1-23-30(31(36-42-23)27-11-6-7-12-28(27)35)32(40)38-18-8-17-33(21-38,22-41-26-15-13-25(34)14-16-26)19-29(39)37(2)20-24-9-4-3-5-10-24/h3-7,9-16H,8,17-22H2,1-2H3/t33-/m0/s1. The Labute approximate surface area is 256 Å². The van der Waals surface area contributed by atoms with Crippen LogP contribution in [-0.2, 0) is 11.3 Å². The molecule has 42 heavy (non-hydrogen) atoms. The normalized spacial score (nSPS) is 16.7. The fourth-order valence-electron chi connectivity index (χ4n) is 5.48. The second kappa shape index (κ2) is 13.0. The third-order valence-electron chi connectivity index (χ3n) is 7.73. The largest absolute Gasteiger partial charge is 0.493 e.